The first-order valence-corrected chi connectivity index (χ1v) is 12.3. The molecule has 0 aromatic carbocycles. The number of aromatic nitrogens is 2. The van der Waals surface area contributed by atoms with Gasteiger partial charge in [-0.2, -0.15) is 4.98 Å². The molecule has 0 radical (unpaired) electrons. The largest absolute Gasteiger partial charge is 0.339 e. The molecule has 4 aliphatic rings. The minimum Gasteiger partial charge on any atom is -0.339 e. The van der Waals surface area contributed by atoms with E-state index in [9.17, 15) is 0 Å². The highest BCUT2D eigenvalue weighted by Gasteiger charge is 2.50. The fourth-order valence-electron chi connectivity index (χ4n) is 6.70. The van der Waals surface area contributed by atoms with E-state index in [1.54, 1.807) is 0 Å². The molecule has 0 spiro atoms. The smallest absolute Gasteiger partial charge is 0.231 e. The third-order valence-electron chi connectivity index (χ3n) is 8.39. The molecular weight excluding hydrogens is 393 g/mol. The molecule has 156 valence electrons. The fraction of sp³-hybridized carbons (Fsp3) is 0.909. The van der Waals surface area contributed by atoms with Crippen molar-refractivity contribution in [2.45, 2.75) is 105 Å². The van der Waals surface area contributed by atoms with E-state index in [1.807, 2.05) is 0 Å². The topological polar surface area (TPSA) is 42.2 Å². The van der Waals surface area contributed by atoms with Gasteiger partial charge in [0.2, 0.25) is 5.89 Å². The van der Waals surface area contributed by atoms with Crippen molar-refractivity contribution < 1.29 is 4.52 Å². The summed E-state index contributed by atoms with van der Waals surface area (Å²) in [6.45, 7) is 0. The fourth-order valence-corrected chi connectivity index (χ4v) is 7.21. The second-order valence-corrected chi connectivity index (χ2v) is 11.1. The van der Waals surface area contributed by atoms with Gasteiger partial charge < -0.3 is 4.52 Å². The van der Waals surface area contributed by atoms with Gasteiger partial charge in [0.25, 0.3) is 0 Å². The highest BCUT2D eigenvalue weighted by molar-refractivity contribution is 6.20. The van der Waals surface area contributed by atoms with Crippen LogP contribution in [0.3, 0.4) is 0 Å². The van der Waals surface area contributed by atoms with Crippen LogP contribution in [0.25, 0.3) is 0 Å². The molecule has 0 amide bonds. The summed E-state index contributed by atoms with van der Waals surface area (Å²) in [4.78, 5) is 7.63. The van der Waals surface area contributed by atoms with Gasteiger partial charge in [-0.15, -0.1) is 23.2 Å². The maximum atomic E-state index is 6.41. The first kappa shape index (κ1) is 19.6. The number of hydrogen-bond acceptors (Lipinski definition) is 4. The van der Waals surface area contributed by atoms with Crippen LogP contribution >= 0.6 is 23.2 Å². The number of fused-ring (bicyclic) bond motifs is 2. The van der Waals surface area contributed by atoms with Crippen molar-refractivity contribution in [1.29, 1.82) is 0 Å². The van der Waals surface area contributed by atoms with E-state index in [1.165, 1.54) is 32.1 Å². The molecule has 4 atom stereocenters. The zero-order chi connectivity index (χ0) is 19.3. The van der Waals surface area contributed by atoms with E-state index in [0.29, 0.717) is 34.5 Å². The highest BCUT2D eigenvalue weighted by atomic mass is 35.5. The molecule has 3 heterocycles. The van der Waals surface area contributed by atoms with Gasteiger partial charge in [-0.25, -0.2) is 0 Å². The number of rotatable bonds is 3. The summed E-state index contributed by atoms with van der Waals surface area (Å²) in [7, 11) is 2.31. The van der Waals surface area contributed by atoms with Crippen LogP contribution in [0.5, 0.6) is 0 Å². The first-order valence-electron chi connectivity index (χ1n) is 11.4. The predicted octanol–water partition coefficient (Wildman–Crippen LogP) is 5.70. The summed E-state index contributed by atoms with van der Waals surface area (Å²) in [5.74, 6) is 4.10. The first-order chi connectivity index (χ1) is 13.6. The summed E-state index contributed by atoms with van der Waals surface area (Å²) in [5, 5.41) is 5.18. The number of hydrogen-bond donors (Lipinski definition) is 0. The standard InChI is InChI=1S/C22H33Cl2N3O/c1-27-17-10-11-19(27)20(18(12-17)13-2-6-15(23)7-3-13)22-25-21(26-28-22)14-4-8-16(24)9-5-14/h13-20H,2-12H2,1H3/t13?,14?,15?,16?,17?,18-,19?,20?/m1/s1. The van der Waals surface area contributed by atoms with Crippen LogP contribution in [0.4, 0.5) is 0 Å². The van der Waals surface area contributed by atoms with Gasteiger partial charge >= 0.3 is 0 Å². The van der Waals surface area contributed by atoms with Crippen LogP contribution in [-0.2, 0) is 0 Å². The Kier molecular flexibility index (Phi) is 5.66. The van der Waals surface area contributed by atoms with E-state index < -0.39 is 0 Å². The van der Waals surface area contributed by atoms with Crippen molar-refractivity contribution in [2.24, 2.45) is 11.8 Å². The Morgan fingerprint density at radius 1 is 0.893 bits per heavy atom. The Labute approximate surface area is 178 Å². The van der Waals surface area contributed by atoms with E-state index in [0.717, 1.165) is 62.2 Å². The molecular formula is C22H33Cl2N3O. The van der Waals surface area contributed by atoms with Gasteiger partial charge in [0.1, 0.15) is 0 Å². The zero-order valence-corrected chi connectivity index (χ0v) is 18.4. The SMILES string of the molecule is CN1C2CCC1C(c1nc(C3CCC(Cl)CC3)no1)[C@@H](C1CCC(Cl)CC1)C2. The molecule has 4 fully saturated rings. The Bertz CT molecular complexity index is 666. The molecule has 2 bridgehead atoms. The summed E-state index contributed by atoms with van der Waals surface area (Å²) in [5.41, 5.74) is 0. The van der Waals surface area contributed by atoms with Gasteiger partial charge in [-0.3, -0.25) is 4.90 Å². The lowest BCUT2D eigenvalue weighted by atomic mass is 9.68. The van der Waals surface area contributed by atoms with Gasteiger partial charge in [0.05, 0.1) is 5.92 Å². The van der Waals surface area contributed by atoms with Gasteiger partial charge in [0, 0.05) is 28.8 Å². The minimum atomic E-state index is 0.325. The molecule has 0 N–H and O–H groups in total. The summed E-state index contributed by atoms with van der Waals surface area (Å²) < 4.78 is 5.98. The van der Waals surface area contributed by atoms with Crippen LogP contribution in [0.15, 0.2) is 4.52 Å². The second kappa shape index (κ2) is 8.07. The molecule has 2 saturated carbocycles. The van der Waals surface area contributed by atoms with Crippen LogP contribution in [0.2, 0.25) is 0 Å². The molecule has 1 aromatic rings. The van der Waals surface area contributed by atoms with E-state index in [-0.39, 0.29) is 0 Å². The van der Waals surface area contributed by atoms with Crippen LogP contribution in [-0.4, -0.2) is 44.9 Å². The van der Waals surface area contributed by atoms with Crippen molar-refractivity contribution >= 4 is 23.2 Å². The molecule has 28 heavy (non-hydrogen) atoms. The molecule has 1 aromatic heterocycles. The Morgan fingerprint density at radius 2 is 1.57 bits per heavy atom. The molecule has 3 unspecified atom stereocenters. The summed E-state index contributed by atoms with van der Waals surface area (Å²) in [6.07, 6.45) is 13.0. The lowest BCUT2D eigenvalue weighted by Gasteiger charge is -2.45. The molecule has 6 heteroatoms. The van der Waals surface area contributed by atoms with Crippen LogP contribution in [0, 0.1) is 11.8 Å². The van der Waals surface area contributed by atoms with Gasteiger partial charge in [-0.05, 0) is 89.5 Å². The molecule has 4 nitrogen and oxygen atoms in total. The average Bonchev–Trinajstić information content (AvgIpc) is 3.26. The lowest BCUT2D eigenvalue weighted by Crippen LogP contribution is -2.47. The van der Waals surface area contributed by atoms with E-state index >= 15 is 0 Å². The second-order valence-electron chi connectivity index (χ2n) is 9.84. The normalized spacial score (nSPS) is 44.7. The minimum absolute atomic E-state index is 0.325. The van der Waals surface area contributed by atoms with Crippen molar-refractivity contribution in [1.82, 2.24) is 15.0 Å². The Balaban J connectivity index is 1.39. The lowest BCUT2D eigenvalue weighted by molar-refractivity contribution is 0.0497. The summed E-state index contributed by atoms with van der Waals surface area (Å²) >= 11 is 12.7. The molecule has 2 aliphatic heterocycles. The predicted molar refractivity (Wildman–Crippen MR) is 112 cm³/mol. The number of nitrogens with zero attached hydrogens (tertiary/aromatic N) is 3. The Morgan fingerprint density at radius 3 is 2.29 bits per heavy atom. The number of alkyl halides is 2. The highest BCUT2D eigenvalue weighted by Crippen LogP contribution is 2.52. The molecule has 2 saturated heterocycles. The van der Waals surface area contributed by atoms with Crippen molar-refractivity contribution in [3.8, 4) is 0 Å². The third kappa shape index (κ3) is 3.63. The summed E-state index contributed by atoms with van der Waals surface area (Å²) in [6, 6.07) is 1.30. The van der Waals surface area contributed by atoms with E-state index in [4.69, 9.17) is 32.7 Å². The third-order valence-corrected chi connectivity index (χ3v) is 9.26. The number of halogens is 2. The van der Waals surface area contributed by atoms with Crippen molar-refractivity contribution in [3.05, 3.63) is 11.7 Å². The number of piperidine rings is 1. The maximum absolute atomic E-state index is 6.41. The van der Waals surface area contributed by atoms with E-state index in [2.05, 4.69) is 17.1 Å². The molecule has 5 rings (SSSR count). The number of likely N-dealkylation sites (N-methyl/N-ethyl adjacent to an activating group) is 1. The molecule has 2 aliphatic carbocycles. The van der Waals surface area contributed by atoms with Crippen LogP contribution < -0.4 is 0 Å². The van der Waals surface area contributed by atoms with Crippen molar-refractivity contribution in [2.75, 3.05) is 7.05 Å². The van der Waals surface area contributed by atoms with Gasteiger partial charge in [-0.1, -0.05) is 5.16 Å². The zero-order valence-electron chi connectivity index (χ0n) is 16.9. The average molecular weight is 426 g/mol. The van der Waals surface area contributed by atoms with Crippen molar-refractivity contribution in [3.63, 3.8) is 0 Å². The van der Waals surface area contributed by atoms with Crippen LogP contribution in [0.1, 0.15) is 94.2 Å². The van der Waals surface area contributed by atoms with Gasteiger partial charge in [0.15, 0.2) is 5.82 Å². The quantitative estimate of drug-likeness (QED) is 0.582. The maximum Gasteiger partial charge on any atom is 0.231 e. The monoisotopic (exact) mass is 425 g/mol. The Hall–Kier alpha value is -0.320.